The van der Waals surface area contributed by atoms with Crippen molar-refractivity contribution in [1.82, 2.24) is 4.90 Å². The van der Waals surface area contributed by atoms with Crippen LogP contribution in [0.15, 0.2) is 33.1 Å². The van der Waals surface area contributed by atoms with Gasteiger partial charge in [-0.05, 0) is 43.9 Å². The first kappa shape index (κ1) is 23.7. The molecule has 1 aliphatic carbocycles. The van der Waals surface area contributed by atoms with Crippen LogP contribution in [0.4, 0.5) is 0 Å². The molecule has 1 aliphatic heterocycles. The van der Waals surface area contributed by atoms with E-state index in [2.05, 4.69) is 20.9 Å². The van der Waals surface area contributed by atoms with Crippen LogP contribution in [-0.4, -0.2) is 69.3 Å². The topological polar surface area (TPSA) is 91.6 Å². The molecule has 7 nitrogen and oxygen atoms in total. The summed E-state index contributed by atoms with van der Waals surface area (Å²) in [4.78, 5) is 11.0. The SMILES string of the molecule is C(=NCCN1CCOCC1)=NC1CCCCC1.Cc1ccc(C)c(S(=O)(=O)O)c1. The zero-order valence-corrected chi connectivity index (χ0v) is 18.3. The van der Waals surface area contributed by atoms with Gasteiger partial charge in [0.2, 0.25) is 0 Å². The average Bonchev–Trinajstić information content (AvgIpc) is 2.71. The number of hydrogen-bond acceptors (Lipinski definition) is 6. The van der Waals surface area contributed by atoms with Crippen LogP contribution in [0.3, 0.4) is 0 Å². The number of ether oxygens (including phenoxy) is 1. The smallest absolute Gasteiger partial charge is 0.294 e. The summed E-state index contributed by atoms with van der Waals surface area (Å²) < 4.78 is 35.6. The third kappa shape index (κ3) is 9.19. The predicted octanol–water partition coefficient (Wildman–Crippen LogP) is 3.38. The summed E-state index contributed by atoms with van der Waals surface area (Å²) in [5.41, 5.74) is 1.37. The van der Waals surface area contributed by atoms with Gasteiger partial charge in [0.25, 0.3) is 10.1 Å². The Morgan fingerprint density at radius 3 is 2.48 bits per heavy atom. The molecule has 0 radical (unpaired) electrons. The lowest BCUT2D eigenvalue weighted by molar-refractivity contribution is 0.0395. The second-order valence-electron chi connectivity index (χ2n) is 7.60. The average molecular weight is 424 g/mol. The van der Waals surface area contributed by atoms with E-state index >= 15 is 0 Å². The highest BCUT2D eigenvalue weighted by molar-refractivity contribution is 7.85. The third-order valence-corrected chi connectivity index (χ3v) is 6.13. The minimum absolute atomic E-state index is 0.0116. The van der Waals surface area contributed by atoms with E-state index in [1.807, 2.05) is 0 Å². The summed E-state index contributed by atoms with van der Waals surface area (Å²) in [6.07, 6.45) is 6.48. The Hall–Kier alpha value is -1.57. The van der Waals surface area contributed by atoms with Crippen LogP contribution in [0.5, 0.6) is 0 Å². The van der Waals surface area contributed by atoms with Crippen LogP contribution in [0.25, 0.3) is 0 Å². The Kier molecular flexibility index (Phi) is 9.97. The first-order chi connectivity index (χ1) is 13.9. The Labute approximate surface area is 174 Å². The van der Waals surface area contributed by atoms with Crippen LogP contribution < -0.4 is 0 Å². The van der Waals surface area contributed by atoms with Crippen molar-refractivity contribution >= 4 is 16.1 Å². The first-order valence-corrected chi connectivity index (χ1v) is 11.8. The van der Waals surface area contributed by atoms with E-state index in [1.165, 1.54) is 38.2 Å². The van der Waals surface area contributed by atoms with Crippen molar-refractivity contribution in [3.05, 3.63) is 29.3 Å². The molecule has 2 fully saturated rings. The lowest BCUT2D eigenvalue weighted by Crippen LogP contribution is -2.37. The molecule has 0 spiro atoms. The monoisotopic (exact) mass is 423 g/mol. The molecule has 2 aliphatic rings. The van der Waals surface area contributed by atoms with Crippen molar-refractivity contribution in [3.63, 3.8) is 0 Å². The Balaban J connectivity index is 0.000000221. The highest BCUT2D eigenvalue weighted by atomic mass is 32.2. The molecule has 0 bridgehead atoms. The van der Waals surface area contributed by atoms with Gasteiger partial charge in [-0.1, -0.05) is 31.4 Å². The zero-order chi connectivity index (χ0) is 21.1. The highest BCUT2D eigenvalue weighted by Crippen LogP contribution is 2.19. The fourth-order valence-electron chi connectivity index (χ4n) is 3.38. The van der Waals surface area contributed by atoms with E-state index in [1.54, 1.807) is 26.0 Å². The van der Waals surface area contributed by atoms with Gasteiger partial charge >= 0.3 is 0 Å². The van der Waals surface area contributed by atoms with E-state index in [0.717, 1.165) is 45.0 Å². The molecule has 1 saturated carbocycles. The van der Waals surface area contributed by atoms with Gasteiger partial charge in [0.05, 0.1) is 36.7 Å². The molecular formula is C21H33N3O4S. The highest BCUT2D eigenvalue weighted by Gasteiger charge is 2.12. The van der Waals surface area contributed by atoms with Crippen molar-refractivity contribution in [2.75, 3.05) is 39.4 Å². The molecule has 0 atom stereocenters. The Bertz CT molecular complexity index is 792. The largest absolute Gasteiger partial charge is 0.379 e. The van der Waals surface area contributed by atoms with Gasteiger partial charge in [-0.25, -0.2) is 9.98 Å². The fraction of sp³-hybridized carbons (Fsp3) is 0.667. The molecule has 1 saturated heterocycles. The number of benzene rings is 1. The van der Waals surface area contributed by atoms with Crippen LogP contribution >= 0.6 is 0 Å². The summed E-state index contributed by atoms with van der Waals surface area (Å²) >= 11 is 0. The Morgan fingerprint density at radius 2 is 1.86 bits per heavy atom. The minimum atomic E-state index is -4.06. The van der Waals surface area contributed by atoms with Crippen molar-refractivity contribution in [2.45, 2.75) is 56.9 Å². The molecule has 1 aromatic carbocycles. The van der Waals surface area contributed by atoms with Crippen molar-refractivity contribution in [2.24, 2.45) is 9.98 Å². The number of morpholine rings is 1. The summed E-state index contributed by atoms with van der Waals surface area (Å²) in [5, 5.41) is 0. The quantitative estimate of drug-likeness (QED) is 0.579. The second-order valence-corrected chi connectivity index (χ2v) is 8.99. The molecule has 29 heavy (non-hydrogen) atoms. The maximum Gasteiger partial charge on any atom is 0.294 e. The van der Waals surface area contributed by atoms with Crippen LogP contribution in [0, 0.1) is 13.8 Å². The van der Waals surface area contributed by atoms with E-state index in [4.69, 9.17) is 9.29 Å². The van der Waals surface area contributed by atoms with Gasteiger partial charge in [-0.15, -0.1) is 0 Å². The molecule has 0 aromatic heterocycles. The van der Waals surface area contributed by atoms with E-state index in [-0.39, 0.29) is 4.90 Å². The lowest BCUT2D eigenvalue weighted by atomic mass is 9.96. The summed E-state index contributed by atoms with van der Waals surface area (Å²) in [6.45, 7) is 9.04. The number of nitrogens with zero attached hydrogens (tertiary/aromatic N) is 3. The molecule has 3 rings (SSSR count). The van der Waals surface area contributed by atoms with E-state index in [0.29, 0.717) is 11.6 Å². The van der Waals surface area contributed by atoms with Gasteiger partial charge in [-0.3, -0.25) is 9.45 Å². The van der Waals surface area contributed by atoms with Gasteiger partial charge in [0, 0.05) is 19.6 Å². The van der Waals surface area contributed by atoms with Gasteiger partial charge in [-0.2, -0.15) is 8.42 Å². The van der Waals surface area contributed by atoms with Gasteiger partial charge in [0.15, 0.2) is 0 Å². The lowest BCUT2D eigenvalue weighted by Gasteiger charge is -2.25. The van der Waals surface area contributed by atoms with E-state index in [9.17, 15) is 8.42 Å². The van der Waals surface area contributed by atoms with Crippen LogP contribution in [0.2, 0.25) is 0 Å². The molecule has 1 heterocycles. The second kappa shape index (κ2) is 12.2. The molecule has 8 heteroatoms. The van der Waals surface area contributed by atoms with Crippen molar-refractivity contribution in [3.8, 4) is 0 Å². The third-order valence-electron chi connectivity index (χ3n) is 5.14. The fourth-order valence-corrected chi connectivity index (χ4v) is 4.19. The summed E-state index contributed by atoms with van der Waals surface area (Å²) in [5.74, 6) is 0. The minimum Gasteiger partial charge on any atom is -0.379 e. The normalized spacial score (nSPS) is 18.3. The molecular weight excluding hydrogens is 390 g/mol. The molecule has 1 aromatic rings. The van der Waals surface area contributed by atoms with Crippen molar-refractivity contribution in [1.29, 1.82) is 0 Å². The predicted molar refractivity (Wildman–Crippen MR) is 115 cm³/mol. The number of aryl methyl sites for hydroxylation is 2. The zero-order valence-electron chi connectivity index (χ0n) is 17.5. The van der Waals surface area contributed by atoms with Crippen LogP contribution in [-0.2, 0) is 14.9 Å². The maximum absolute atomic E-state index is 10.8. The first-order valence-electron chi connectivity index (χ1n) is 10.3. The summed E-state index contributed by atoms with van der Waals surface area (Å²) in [7, 11) is -4.06. The molecule has 0 unspecified atom stereocenters. The van der Waals surface area contributed by atoms with Gasteiger partial charge in [0.1, 0.15) is 0 Å². The molecule has 0 amide bonds. The number of hydrogen-bond donors (Lipinski definition) is 1. The standard InChI is InChI=1S/C13H23N3O.C8H10O3S/c1-2-4-13(5-3-1)15-12-14-6-7-16-8-10-17-11-9-16;1-6-3-4-7(2)8(5-6)12(9,10)11/h13H,1-11H2;3-5H,1-2H3,(H,9,10,11). The Morgan fingerprint density at radius 1 is 1.17 bits per heavy atom. The molecule has 1 N–H and O–H groups in total. The van der Waals surface area contributed by atoms with E-state index < -0.39 is 10.1 Å². The number of aliphatic imine (C=N–C) groups is 2. The molecule has 162 valence electrons. The van der Waals surface area contributed by atoms with Gasteiger partial charge < -0.3 is 4.74 Å². The summed E-state index contributed by atoms with van der Waals surface area (Å²) in [6, 6.07) is 8.29. The van der Waals surface area contributed by atoms with Crippen molar-refractivity contribution < 1.29 is 17.7 Å². The number of rotatable bonds is 5. The maximum atomic E-state index is 10.8. The van der Waals surface area contributed by atoms with Crippen LogP contribution in [0.1, 0.15) is 43.2 Å².